The van der Waals surface area contributed by atoms with E-state index in [-0.39, 0.29) is 17.9 Å². The number of benzene rings is 1. The molecule has 0 bridgehead atoms. The maximum Gasteiger partial charge on any atom is 0.165 e. The van der Waals surface area contributed by atoms with E-state index < -0.39 is 5.82 Å². The molecule has 1 aromatic heterocycles. The molecule has 2 rings (SSSR count). The Morgan fingerprint density at radius 3 is 2.88 bits per heavy atom. The lowest BCUT2D eigenvalue weighted by atomic mass is 10.2. The van der Waals surface area contributed by atoms with Gasteiger partial charge in [-0.15, -0.1) is 11.3 Å². The first-order valence-electron chi connectivity index (χ1n) is 4.70. The average molecular weight is 236 g/mol. The van der Waals surface area contributed by atoms with Crippen LogP contribution in [0, 0.1) is 5.82 Å². The molecule has 82 valence electrons. The first kappa shape index (κ1) is 10.8. The molecule has 0 aliphatic rings. The summed E-state index contributed by atoms with van der Waals surface area (Å²) in [5.41, 5.74) is 0.233. The van der Waals surface area contributed by atoms with Crippen LogP contribution in [0.15, 0.2) is 35.7 Å². The summed E-state index contributed by atoms with van der Waals surface area (Å²) >= 11 is 1.53. The number of para-hydroxylation sites is 1. The van der Waals surface area contributed by atoms with Gasteiger partial charge in [0.05, 0.1) is 5.56 Å². The Labute approximate surface area is 96.3 Å². The van der Waals surface area contributed by atoms with Gasteiger partial charge in [0.1, 0.15) is 6.61 Å². The van der Waals surface area contributed by atoms with E-state index in [0.717, 1.165) is 4.88 Å². The van der Waals surface area contributed by atoms with Crippen LogP contribution in [0.1, 0.15) is 15.2 Å². The van der Waals surface area contributed by atoms with Crippen LogP contribution in [0.5, 0.6) is 5.75 Å². The summed E-state index contributed by atoms with van der Waals surface area (Å²) in [5, 5.41) is 1.92. The number of hydrogen-bond donors (Lipinski definition) is 0. The number of thiophene rings is 1. The summed E-state index contributed by atoms with van der Waals surface area (Å²) < 4.78 is 18.7. The normalized spacial score (nSPS) is 10.1. The molecule has 4 heteroatoms. The molecule has 0 spiro atoms. The average Bonchev–Trinajstić information content (AvgIpc) is 2.80. The Morgan fingerprint density at radius 2 is 2.19 bits per heavy atom. The first-order valence-corrected chi connectivity index (χ1v) is 5.58. The molecule has 0 saturated carbocycles. The van der Waals surface area contributed by atoms with Crippen LogP contribution in [0.4, 0.5) is 4.39 Å². The summed E-state index contributed by atoms with van der Waals surface area (Å²) in [6.45, 7) is 0.277. The fourth-order valence-electron chi connectivity index (χ4n) is 1.31. The highest BCUT2D eigenvalue weighted by Gasteiger charge is 2.09. The van der Waals surface area contributed by atoms with Gasteiger partial charge in [-0.25, -0.2) is 4.39 Å². The Kier molecular flexibility index (Phi) is 3.31. The van der Waals surface area contributed by atoms with Crippen molar-refractivity contribution in [2.24, 2.45) is 0 Å². The van der Waals surface area contributed by atoms with Crippen molar-refractivity contribution in [3.05, 3.63) is 52.0 Å². The quantitative estimate of drug-likeness (QED) is 0.761. The zero-order valence-corrected chi connectivity index (χ0v) is 9.17. The summed E-state index contributed by atoms with van der Waals surface area (Å²) in [4.78, 5) is 11.7. The fourth-order valence-corrected chi connectivity index (χ4v) is 1.92. The maximum atomic E-state index is 13.4. The third kappa shape index (κ3) is 2.28. The second-order valence-electron chi connectivity index (χ2n) is 3.14. The van der Waals surface area contributed by atoms with E-state index in [9.17, 15) is 9.18 Å². The van der Waals surface area contributed by atoms with E-state index in [4.69, 9.17) is 4.74 Å². The van der Waals surface area contributed by atoms with Gasteiger partial charge in [0, 0.05) is 4.88 Å². The molecule has 0 aliphatic carbocycles. The zero-order valence-electron chi connectivity index (χ0n) is 8.35. The van der Waals surface area contributed by atoms with Gasteiger partial charge < -0.3 is 4.74 Å². The van der Waals surface area contributed by atoms with Crippen LogP contribution in [0.3, 0.4) is 0 Å². The minimum Gasteiger partial charge on any atom is -0.484 e. The van der Waals surface area contributed by atoms with E-state index in [0.29, 0.717) is 6.29 Å². The van der Waals surface area contributed by atoms with Crippen molar-refractivity contribution in [2.75, 3.05) is 0 Å². The summed E-state index contributed by atoms with van der Waals surface area (Å²) in [7, 11) is 0. The minimum absolute atomic E-state index is 0.0194. The van der Waals surface area contributed by atoms with Gasteiger partial charge in [-0.1, -0.05) is 12.1 Å². The molecule has 0 amide bonds. The van der Waals surface area contributed by atoms with E-state index >= 15 is 0 Å². The predicted octanol–water partition coefficient (Wildman–Crippen LogP) is 3.28. The molecular weight excluding hydrogens is 227 g/mol. The molecule has 0 aliphatic heterocycles. The van der Waals surface area contributed by atoms with Crippen molar-refractivity contribution in [3.63, 3.8) is 0 Å². The van der Waals surface area contributed by atoms with Gasteiger partial charge in [0.2, 0.25) is 0 Å². The van der Waals surface area contributed by atoms with Gasteiger partial charge in [0.25, 0.3) is 0 Å². The minimum atomic E-state index is -0.513. The highest BCUT2D eigenvalue weighted by atomic mass is 32.1. The van der Waals surface area contributed by atoms with E-state index in [2.05, 4.69) is 0 Å². The Hall–Kier alpha value is -1.68. The van der Waals surface area contributed by atoms with Gasteiger partial charge in [-0.05, 0) is 23.6 Å². The summed E-state index contributed by atoms with van der Waals surface area (Å²) in [6.07, 6.45) is 0.590. The van der Waals surface area contributed by atoms with Crippen molar-refractivity contribution in [3.8, 4) is 5.75 Å². The van der Waals surface area contributed by atoms with Crippen LogP contribution >= 0.6 is 11.3 Å². The SMILES string of the molecule is O=Cc1cccc(F)c1OCc1cccs1. The molecule has 1 aromatic carbocycles. The first-order chi connectivity index (χ1) is 7.81. The number of aldehydes is 1. The second-order valence-corrected chi connectivity index (χ2v) is 4.18. The van der Waals surface area contributed by atoms with Crippen molar-refractivity contribution in [1.29, 1.82) is 0 Å². The highest BCUT2D eigenvalue weighted by molar-refractivity contribution is 7.09. The van der Waals surface area contributed by atoms with Gasteiger partial charge in [0.15, 0.2) is 17.9 Å². The van der Waals surface area contributed by atoms with Crippen LogP contribution in [-0.2, 0) is 6.61 Å². The number of carbonyl (C=O) groups excluding carboxylic acids is 1. The molecule has 0 atom stereocenters. The highest BCUT2D eigenvalue weighted by Crippen LogP contribution is 2.23. The fraction of sp³-hybridized carbons (Fsp3) is 0.0833. The largest absolute Gasteiger partial charge is 0.484 e. The molecular formula is C12H9FO2S. The molecule has 1 heterocycles. The summed E-state index contributed by atoms with van der Waals surface area (Å²) in [5.74, 6) is -0.493. The standard InChI is InChI=1S/C12H9FO2S/c13-11-5-1-3-9(7-14)12(11)15-8-10-4-2-6-16-10/h1-7H,8H2. The molecule has 0 fully saturated rings. The van der Waals surface area contributed by atoms with Crippen molar-refractivity contribution >= 4 is 17.6 Å². The van der Waals surface area contributed by atoms with Crippen LogP contribution in [-0.4, -0.2) is 6.29 Å². The smallest absolute Gasteiger partial charge is 0.165 e. The number of hydrogen-bond acceptors (Lipinski definition) is 3. The van der Waals surface area contributed by atoms with Crippen LogP contribution in [0.2, 0.25) is 0 Å². The predicted molar refractivity (Wildman–Crippen MR) is 60.4 cm³/mol. The molecule has 0 saturated heterocycles. The van der Waals surface area contributed by atoms with Crippen molar-refractivity contribution in [2.45, 2.75) is 6.61 Å². The van der Waals surface area contributed by atoms with E-state index in [1.807, 2.05) is 17.5 Å². The number of halogens is 1. The molecule has 16 heavy (non-hydrogen) atoms. The third-order valence-corrected chi connectivity index (χ3v) is 2.91. The number of carbonyl (C=O) groups is 1. The lowest BCUT2D eigenvalue weighted by Crippen LogP contribution is -1.99. The molecule has 0 radical (unpaired) electrons. The topological polar surface area (TPSA) is 26.3 Å². The van der Waals surface area contributed by atoms with Gasteiger partial charge >= 0.3 is 0 Å². The Bertz CT molecular complexity index is 480. The van der Waals surface area contributed by atoms with Gasteiger partial charge in [-0.3, -0.25) is 4.79 Å². The zero-order chi connectivity index (χ0) is 11.4. The van der Waals surface area contributed by atoms with Crippen LogP contribution in [0.25, 0.3) is 0 Å². The Balaban J connectivity index is 2.17. The maximum absolute atomic E-state index is 13.4. The second kappa shape index (κ2) is 4.90. The summed E-state index contributed by atoms with van der Waals surface area (Å²) in [6, 6.07) is 8.07. The molecule has 0 N–H and O–H groups in total. The molecule has 2 aromatic rings. The molecule has 2 nitrogen and oxygen atoms in total. The van der Waals surface area contributed by atoms with Crippen LogP contribution < -0.4 is 4.74 Å². The van der Waals surface area contributed by atoms with Crippen molar-refractivity contribution in [1.82, 2.24) is 0 Å². The van der Waals surface area contributed by atoms with Crippen molar-refractivity contribution < 1.29 is 13.9 Å². The van der Waals surface area contributed by atoms with E-state index in [1.165, 1.54) is 29.5 Å². The Morgan fingerprint density at radius 1 is 1.31 bits per heavy atom. The number of ether oxygens (including phenoxy) is 1. The molecule has 0 unspecified atom stereocenters. The van der Waals surface area contributed by atoms with Gasteiger partial charge in [-0.2, -0.15) is 0 Å². The third-order valence-electron chi connectivity index (χ3n) is 2.06. The lowest BCUT2D eigenvalue weighted by Gasteiger charge is -2.07. The van der Waals surface area contributed by atoms with E-state index in [1.54, 1.807) is 0 Å². The number of rotatable bonds is 4. The lowest BCUT2D eigenvalue weighted by molar-refractivity contribution is 0.111. The monoisotopic (exact) mass is 236 g/mol.